The zero-order valence-corrected chi connectivity index (χ0v) is 32.4. The largest absolute Gasteiger partial charge is 0.543 e. The minimum absolute atomic E-state index is 0.768. The van der Waals surface area contributed by atoms with E-state index in [0.29, 0.717) is 0 Å². The van der Waals surface area contributed by atoms with Crippen molar-refractivity contribution in [2.24, 2.45) is 0 Å². The van der Waals surface area contributed by atoms with Gasteiger partial charge in [-0.15, -0.1) is 0 Å². The predicted octanol–water partition coefficient (Wildman–Crippen LogP) is 6.33. The zero-order valence-electron chi connectivity index (χ0n) is 30.7. The molecule has 0 amide bonds. The van der Waals surface area contributed by atoms with Crippen LogP contribution in [0, 0.1) is 0 Å². The molecule has 0 N–H and O–H groups in total. The second kappa shape index (κ2) is 18.9. The minimum atomic E-state index is -2.19. The van der Waals surface area contributed by atoms with Crippen LogP contribution in [-0.4, -0.2) is 23.3 Å². The monoisotopic (exact) mass is 750 g/mol. The molecule has 4 nitrogen and oxygen atoms in total. The molecule has 2 fully saturated rings. The summed E-state index contributed by atoms with van der Waals surface area (Å²) in [4.78, 5) is 17.9. The van der Waals surface area contributed by atoms with Crippen molar-refractivity contribution < 1.29 is 19.8 Å². The number of carboxylic acids is 2. The number of carbonyl (C=O) groups excluding carboxylic acids is 2. The van der Waals surface area contributed by atoms with E-state index in [1.54, 1.807) is 0 Å². The van der Waals surface area contributed by atoms with E-state index in [-0.39, 0.29) is 0 Å². The third kappa shape index (κ3) is 8.42. The maximum Gasteiger partial charge on any atom is 0.115 e. The van der Waals surface area contributed by atoms with E-state index in [1.807, 2.05) is 0 Å². The highest BCUT2D eigenvalue weighted by molar-refractivity contribution is 7.96. The third-order valence-corrected chi connectivity index (χ3v) is 20.8. The molecule has 0 aromatic heterocycles. The number of carboxylic acid groups (broad SMARTS) is 2. The number of aliphatic carboxylic acids is 2. The number of hydrogen-bond acceptors (Lipinski definition) is 4. The Kier molecular flexibility index (Phi) is 13.6. The topological polar surface area (TPSA) is 80.3 Å². The molecule has 2 aliphatic carbocycles. The molecule has 0 atom stereocenters. The summed E-state index contributed by atoms with van der Waals surface area (Å²) in [6, 6.07) is 67.8. The van der Waals surface area contributed by atoms with Gasteiger partial charge >= 0.3 is 0 Å². The van der Waals surface area contributed by atoms with E-state index in [2.05, 4.69) is 182 Å². The molecule has 6 aromatic carbocycles. The van der Waals surface area contributed by atoms with Gasteiger partial charge in [-0.3, -0.25) is 0 Å². The van der Waals surface area contributed by atoms with Crippen LogP contribution in [0.3, 0.4) is 0 Å². The third-order valence-electron chi connectivity index (χ3n) is 10.9. The summed E-state index contributed by atoms with van der Waals surface area (Å²) in [6.07, 6.45) is 10.9. The zero-order chi connectivity index (χ0) is 37.6. The Balaban J connectivity index is 0.000000160. The van der Waals surface area contributed by atoms with Crippen LogP contribution < -0.4 is 42.0 Å². The van der Waals surface area contributed by atoms with Gasteiger partial charge in [0, 0.05) is 0 Å². The molecule has 0 heterocycles. The van der Waals surface area contributed by atoms with E-state index in [9.17, 15) is 0 Å². The summed E-state index contributed by atoms with van der Waals surface area (Å²) in [6.45, 7) is 0. The van der Waals surface area contributed by atoms with Gasteiger partial charge in [-0.05, 0) is 124 Å². The second-order valence-corrected chi connectivity index (χ2v) is 21.4. The lowest BCUT2D eigenvalue weighted by molar-refractivity contribution is -0.345. The molecule has 274 valence electrons. The molecule has 0 aliphatic heterocycles. The molecule has 8 rings (SSSR count). The second-order valence-electron chi connectivity index (χ2n) is 13.9. The lowest BCUT2D eigenvalue weighted by atomic mass is 10.3. The summed E-state index contributed by atoms with van der Waals surface area (Å²) < 4.78 is 0. The molecule has 2 aliphatic rings. The Labute approximate surface area is 321 Å². The molecule has 6 heteroatoms. The van der Waals surface area contributed by atoms with Gasteiger partial charge in [0.15, 0.2) is 0 Å². The van der Waals surface area contributed by atoms with Gasteiger partial charge in [0.05, 0.1) is 23.3 Å². The Morgan fingerprint density at radius 1 is 0.333 bits per heavy atom. The lowest BCUT2D eigenvalue weighted by Crippen LogP contribution is -2.42. The van der Waals surface area contributed by atoms with Crippen LogP contribution in [0.15, 0.2) is 182 Å². The Morgan fingerprint density at radius 2 is 0.500 bits per heavy atom. The van der Waals surface area contributed by atoms with E-state index in [1.165, 1.54) is 83.2 Å². The summed E-state index contributed by atoms with van der Waals surface area (Å²) >= 11 is 0. The highest BCUT2D eigenvalue weighted by atomic mass is 31.2. The smallest absolute Gasteiger partial charge is 0.115 e. The first-order valence-electron chi connectivity index (χ1n) is 19.0. The highest BCUT2D eigenvalue weighted by Crippen LogP contribution is 2.65. The van der Waals surface area contributed by atoms with Crippen molar-refractivity contribution in [3.05, 3.63) is 182 Å². The number of rotatable bonds is 8. The molecule has 0 radical (unpaired) electrons. The first kappa shape index (κ1) is 38.8. The molecular formula is C48H48O4P2. The quantitative estimate of drug-likeness (QED) is 0.135. The van der Waals surface area contributed by atoms with Gasteiger partial charge in [-0.2, -0.15) is 0 Å². The van der Waals surface area contributed by atoms with Gasteiger partial charge in [0.1, 0.15) is 46.4 Å². The Bertz CT molecular complexity index is 1670. The summed E-state index contributed by atoms with van der Waals surface area (Å²) in [5.41, 5.74) is 1.54. The van der Waals surface area contributed by atoms with E-state index in [4.69, 9.17) is 19.8 Å². The van der Waals surface area contributed by atoms with E-state index >= 15 is 0 Å². The molecule has 0 spiro atoms. The molecule has 0 saturated heterocycles. The van der Waals surface area contributed by atoms with Crippen molar-refractivity contribution >= 4 is 58.3 Å². The van der Waals surface area contributed by atoms with E-state index < -0.39 is 26.5 Å². The van der Waals surface area contributed by atoms with Crippen LogP contribution in [-0.2, 0) is 9.59 Å². The van der Waals surface area contributed by atoms with Gasteiger partial charge in [-0.25, -0.2) is 0 Å². The van der Waals surface area contributed by atoms with Crippen LogP contribution in [0.4, 0.5) is 0 Å². The molecule has 0 bridgehead atoms. The lowest BCUT2D eigenvalue weighted by Gasteiger charge is -2.32. The average molecular weight is 751 g/mol. The number of carbonyl (C=O) groups is 2. The van der Waals surface area contributed by atoms with Gasteiger partial charge in [0.2, 0.25) is 0 Å². The van der Waals surface area contributed by atoms with Crippen LogP contribution in [0.25, 0.3) is 0 Å². The molecule has 2 saturated carbocycles. The summed E-state index contributed by atoms with van der Waals surface area (Å²) in [5, 5.41) is 27.1. The van der Waals surface area contributed by atoms with Crippen LogP contribution in [0.2, 0.25) is 0 Å². The summed E-state index contributed by atoms with van der Waals surface area (Å²) in [7, 11) is -3.20. The average Bonchev–Trinajstić information content (AvgIpc) is 3.99. The maximum absolute atomic E-state index is 8.93. The van der Waals surface area contributed by atoms with Gasteiger partial charge < -0.3 is 19.8 Å². The molecule has 54 heavy (non-hydrogen) atoms. The Hall–Kier alpha value is -4.88. The van der Waals surface area contributed by atoms with Crippen molar-refractivity contribution in [3.8, 4) is 0 Å². The number of hydrogen-bond donors (Lipinski definition) is 0. The fourth-order valence-corrected chi connectivity index (χ4v) is 19.2. The van der Waals surface area contributed by atoms with Crippen molar-refractivity contribution in [2.75, 3.05) is 0 Å². The standard InChI is InChI=1S/2C23H24P.C2H2O4/c2*1-4-12-20(13-5-1)24(23-18-10-11-19-23,21-14-6-2-7-15-21)22-16-8-3-9-17-22;3-1(4)2(5)6/h2*1-9,12-17,23H,10-11,18-19H2;(H,3,4)(H,5,6)/q2*+1;/p-2. The van der Waals surface area contributed by atoms with Crippen molar-refractivity contribution in [1.82, 2.24) is 0 Å². The first-order chi connectivity index (χ1) is 26.5. The van der Waals surface area contributed by atoms with Crippen molar-refractivity contribution in [1.29, 1.82) is 0 Å². The van der Waals surface area contributed by atoms with Crippen LogP contribution in [0.5, 0.6) is 0 Å². The highest BCUT2D eigenvalue weighted by Gasteiger charge is 2.54. The van der Waals surface area contributed by atoms with Gasteiger partial charge in [0.25, 0.3) is 0 Å². The Morgan fingerprint density at radius 3 is 0.648 bits per heavy atom. The normalized spacial score (nSPS) is 14.6. The predicted molar refractivity (Wildman–Crippen MR) is 225 cm³/mol. The molecule has 0 unspecified atom stereocenters. The fraction of sp³-hybridized carbons (Fsp3) is 0.208. The summed E-state index contributed by atoms with van der Waals surface area (Å²) in [5.74, 6) is -4.37. The van der Waals surface area contributed by atoms with Crippen molar-refractivity contribution in [2.45, 2.75) is 62.7 Å². The maximum atomic E-state index is 8.93. The fourth-order valence-electron chi connectivity index (χ4n) is 8.72. The molecular weight excluding hydrogens is 702 g/mol. The van der Waals surface area contributed by atoms with Crippen LogP contribution >= 0.6 is 14.5 Å². The molecule has 6 aromatic rings. The van der Waals surface area contributed by atoms with Crippen LogP contribution in [0.1, 0.15) is 51.4 Å². The van der Waals surface area contributed by atoms with E-state index in [0.717, 1.165) is 11.3 Å². The first-order valence-corrected chi connectivity index (χ1v) is 22.7. The minimum Gasteiger partial charge on any atom is -0.543 e. The number of benzene rings is 6. The van der Waals surface area contributed by atoms with Gasteiger partial charge in [-0.1, -0.05) is 109 Å². The van der Waals surface area contributed by atoms with Crippen molar-refractivity contribution in [3.63, 3.8) is 0 Å². The SMILES string of the molecule is O=C([O-])C(=O)[O-].c1ccc([P+](c2ccccc2)(c2ccccc2)C2CCCC2)cc1.c1ccc([P+](c2ccccc2)(c2ccccc2)C2CCCC2)cc1.